The Morgan fingerprint density at radius 3 is 2.76 bits per heavy atom. The van der Waals surface area contributed by atoms with Crippen molar-refractivity contribution in [1.82, 2.24) is 25.1 Å². The molecule has 0 fully saturated rings. The van der Waals surface area contributed by atoms with Crippen molar-refractivity contribution in [2.75, 3.05) is 6.54 Å². The van der Waals surface area contributed by atoms with Crippen LogP contribution in [0.1, 0.15) is 34.5 Å². The van der Waals surface area contributed by atoms with Crippen LogP contribution in [0.15, 0.2) is 30.5 Å². The van der Waals surface area contributed by atoms with Crippen LogP contribution in [0.4, 0.5) is 0 Å². The number of nitrogens with zero attached hydrogens (tertiary/aromatic N) is 3. The lowest BCUT2D eigenvalue weighted by atomic mass is 9.99. The van der Waals surface area contributed by atoms with Gasteiger partial charge in [0.15, 0.2) is 5.65 Å². The quantitative estimate of drug-likeness (QED) is 0.528. The number of nitrogens with one attached hydrogen (secondary N) is 2. The number of pyridine rings is 1. The summed E-state index contributed by atoms with van der Waals surface area (Å²) >= 11 is 0. The zero-order valence-electron chi connectivity index (χ0n) is 17.5. The smallest absolute Gasteiger partial charge is 0.220 e. The molecule has 0 saturated carbocycles. The molecule has 0 radical (unpaired) electrons. The predicted octanol–water partition coefficient (Wildman–Crippen LogP) is 3.67. The fourth-order valence-electron chi connectivity index (χ4n) is 4.23. The van der Waals surface area contributed by atoms with Crippen LogP contribution in [0, 0.1) is 20.8 Å². The van der Waals surface area contributed by atoms with Crippen molar-refractivity contribution in [2.45, 2.75) is 40.0 Å². The van der Waals surface area contributed by atoms with Crippen LogP contribution in [0.5, 0.6) is 0 Å². The summed E-state index contributed by atoms with van der Waals surface area (Å²) < 4.78 is 1.83. The molecule has 6 heteroatoms. The summed E-state index contributed by atoms with van der Waals surface area (Å²) in [5.41, 5.74) is 7.57. The van der Waals surface area contributed by atoms with Crippen LogP contribution in [0.2, 0.25) is 0 Å². The molecule has 1 amide bonds. The maximum atomic E-state index is 12.4. The highest BCUT2D eigenvalue weighted by Gasteiger charge is 2.16. The van der Waals surface area contributed by atoms with Gasteiger partial charge in [-0.2, -0.15) is 5.10 Å². The fourth-order valence-corrected chi connectivity index (χ4v) is 4.23. The van der Waals surface area contributed by atoms with Gasteiger partial charge in [0.1, 0.15) is 0 Å². The average Bonchev–Trinajstić information content (AvgIpc) is 3.22. The summed E-state index contributed by atoms with van der Waals surface area (Å²) in [5, 5.41) is 9.87. The number of aromatic amines is 1. The molecule has 150 valence electrons. The Labute approximate surface area is 170 Å². The van der Waals surface area contributed by atoms with Gasteiger partial charge in [-0.05, 0) is 56.4 Å². The zero-order valence-corrected chi connectivity index (χ0v) is 17.5. The number of carbonyl (C=O) groups excluding carboxylic acids is 1. The molecule has 1 aromatic carbocycles. The molecule has 0 aliphatic heterocycles. The van der Waals surface area contributed by atoms with Crippen LogP contribution >= 0.6 is 0 Å². The van der Waals surface area contributed by atoms with Gasteiger partial charge in [-0.25, -0.2) is 4.98 Å². The molecule has 2 N–H and O–H groups in total. The van der Waals surface area contributed by atoms with Crippen LogP contribution in [-0.2, 0) is 24.7 Å². The van der Waals surface area contributed by atoms with E-state index < -0.39 is 0 Å². The first-order chi connectivity index (χ1) is 14.0. The summed E-state index contributed by atoms with van der Waals surface area (Å²) in [6, 6.07) is 8.24. The lowest BCUT2D eigenvalue weighted by molar-refractivity contribution is -0.121. The summed E-state index contributed by atoms with van der Waals surface area (Å²) in [7, 11) is 1.92. The van der Waals surface area contributed by atoms with E-state index in [0.717, 1.165) is 39.9 Å². The van der Waals surface area contributed by atoms with Gasteiger partial charge < -0.3 is 10.3 Å². The standard InChI is InChI=1S/C23H27N5O/c1-14-18(15(2)26-23-22(14)16(3)27-28(23)4)9-10-21(29)24-12-11-17-13-25-20-8-6-5-7-19(17)20/h5-8,13,25H,9-12H2,1-4H3,(H,24,29). The number of benzene rings is 1. The number of aromatic nitrogens is 4. The van der Waals surface area contributed by atoms with Crippen molar-refractivity contribution < 1.29 is 4.79 Å². The van der Waals surface area contributed by atoms with Crippen LogP contribution in [0.25, 0.3) is 21.9 Å². The first-order valence-electron chi connectivity index (χ1n) is 10.1. The monoisotopic (exact) mass is 389 g/mol. The van der Waals surface area contributed by atoms with E-state index in [1.807, 2.05) is 43.9 Å². The molecular formula is C23H27N5O. The van der Waals surface area contributed by atoms with Gasteiger partial charge >= 0.3 is 0 Å². The minimum Gasteiger partial charge on any atom is -0.361 e. The Morgan fingerprint density at radius 1 is 1.14 bits per heavy atom. The van der Waals surface area contributed by atoms with E-state index in [0.29, 0.717) is 19.4 Å². The third-order valence-electron chi connectivity index (χ3n) is 5.72. The van der Waals surface area contributed by atoms with Gasteiger partial charge in [-0.3, -0.25) is 9.48 Å². The maximum absolute atomic E-state index is 12.4. The normalized spacial score (nSPS) is 11.4. The van der Waals surface area contributed by atoms with E-state index in [9.17, 15) is 4.79 Å². The number of fused-ring (bicyclic) bond motifs is 2. The number of aryl methyl sites for hydroxylation is 4. The lowest BCUT2D eigenvalue weighted by Crippen LogP contribution is -2.26. The molecule has 3 heterocycles. The van der Waals surface area contributed by atoms with Crippen molar-refractivity contribution in [3.8, 4) is 0 Å². The van der Waals surface area contributed by atoms with Gasteiger partial charge in [-0.15, -0.1) is 0 Å². The Balaban J connectivity index is 1.38. The van der Waals surface area contributed by atoms with Crippen LogP contribution in [-0.4, -0.2) is 32.2 Å². The Morgan fingerprint density at radius 2 is 1.93 bits per heavy atom. The van der Waals surface area contributed by atoms with Gasteiger partial charge in [0.2, 0.25) is 5.91 Å². The summed E-state index contributed by atoms with van der Waals surface area (Å²) in [4.78, 5) is 20.4. The van der Waals surface area contributed by atoms with Crippen molar-refractivity contribution >= 4 is 27.8 Å². The number of carbonyl (C=O) groups is 1. The SMILES string of the molecule is Cc1nc2c(c(C)nn2C)c(C)c1CCC(=O)NCCc1c[nH]c2ccccc12. The molecule has 0 bridgehead atoms. The Bertz CT molecular complexity index is 1200. The minimum absolute atomic E-state index is 0.0756. The van der Waals surface area contributed by atoms with E-state index in [1.165, 1.54) is 16.5 Å². The summed E-state index contributed by atoms with van der Waals surface area (Å²) in [6.07, 6.45) is 3.99. The molecule has 0 unspecified atom stereocenters. The van der Waals surface area contributed by atoms with Gasteiger partial charge in [0.25, 0.3) is 0 Å². The summed E-state index contributed by atoms with van der Waals surface area (Å²) in [5.74, 6) is 0.0756. The molecular weight excluding hydrogens is 362 g/mol. The lowest BCUT2D eigenvalue weighted by Gasteiger charge is -2.11. The third kappa shape index (κ3) is 3.62. The molecule has 4 aromatic rings. The summed E-state index contributed by atoms with van der Waals surface area (Å²) in [6.45, 7) is 6.76. The maximum Gasteiger partial charge on any atom is 0.220 e. The fraction of sp³-hybridized carbons (Fsp3) is 0.348. The van der Waals surface area contributed by atoms with Crippen LogP contribution in [0.3, 0.4) is 0 Å². The molecule has 6 nitrogen and oxygen atoms in total. The van der Waals surface area contributed by atoms with Gasteiger partial charge in [0.05, 0.1) is 5.69 Å². The van der Waals surface area contributed by atoms with Gasteiger partial charge in [-0.1, -0.05) is 18.2 Å². The van der Waals surface area contributed by atoms with E-state index in [2.05, 4.69) is 34.5 Å². The van der Waals surface area contributed by atoms with E-state index >= 15 is 0 Å². The largest absolute Gasteiger partial charge is 0.361 e. The molecule has 29 heavy (non-hydrogen) atoms. The Kier molecular flexibility index (Phi) is 5.09. The second-order valence-electron chi connectivity index (χ2n) is 7.67. The number of rotatable bonds is 6. The van der Waals surface area contributed by atoms with Crippen LogP contribution < -0.4 is 5.32 Å². The van der Waals surface area contributed by atoms with E-state index in [1.54, 1.807) is 0 Å². The molecule has 0 saturated heterocycles. The number of amides is 1. The second-order valence-corrected chi connectivity index (χ2v) is 7.67. The zero-order chi connectivity index (χ0) is 20.5. The molecule has 0 spiro atoms. The number of hydrogen-bond acceptors (Lipinski definition) is 3. The molecule has 3 aromatic heterocycles. The van der Waals surface area contributed by atoms with Crippen molar-refractivity contribution in [3.63, 3.8) is 0 Å². The predicted molar refractivity (Wildman–Crippen MR) is 116 cm³/mol. The van der Waals surface area contributed by atoms with Crippen molar-refractivity contribution in [1.29, 1.82) is 0 Å². The van der Waals surface area contributed by atoms with E-state index in [-0.39, 0.29) is 5.91 Å². The first kappa shape index (κ1) is 19.2. The topological polar surface area (TPSA) is 75.6 Å². The molecule has 0 atom stereocenters. The molecule has 4 rings (SSSR count). The van der Waals surface area contributed by atoms with Crippen molar-refractivity contribution in [2.24, 2.45) is 7.05 Å². The Hall–Kier alpha value is -3.15. The number of H-pyrrole nitrogens is 1. The first-order valence-corrected chi connectivity index (χ1v) is 10.1. The minimum atomic E-state index is 0.0756. The van der Waals surface area contributed by atoms with Crippen molar-refractivity contribution in [3.05, 3.63) is 58.5 Å². The number of para-hydroxylation sites is 1. The highest BCUT2D eigenvalue weighted by atomic mass is 16.1. The molecule has 0 aliphatic carbocycles. The van der Waals surface area contributed by atoms with E-state index in [4.69, 9.17) is 4.98 Å². The average molecular weight is 390 g/mol. The third-order valence-corrected chi connectivity index (χ3v) is 5.72. The highest BCUT2D eigenvalue weighted by molar-refractivity contribution is 5.84. The second kappa shape index (κ2) is 7.70. The highest BCUT2D eigenvalue weighted by Crippen LogP contribution is 2.26. The van der Waals surface area contributed by atoms with Gasteiger partial charge in [0, 0.05) is 48.2 Å². The molecule has 0 aliphatic rings. The number of hydrogen-bond donors (Lipinski definition) is 2.